The highest BCUT2D eigenvalue weighted by atomic mass is 35.5. The SMILES string of the molecule is COCCCNS(=O)(=O)c1ccc(C#CCCO)cc1Cl. The minimum absolute atomic E-state index is 0.0153. The molecule has 0 saturated heterocycles. The minimum atomic E-state index is -3.64. The molecule has 0 amide bonds. The van der Waals surface area contributed by atoms with Crippen LogP contribution in [0.15, 0.2) is 23.1 Å². The molecule has 0 heterocycles. The van der Waals surface area contributed by atoms with Crippen molar-refractivity contribution in [3.05, 3.63) is 28.8 Å². The van der Waals surface area contributed by atoms with Gasteiger partial charge in [-0.1, -0.05) is 23.4 Å². The zero-order valence-electron chi connectivity index (χ0n) is 11.7. The van der Waals surface area contributed by atoms with Crippen molar-refractivity contribution >= 4 is 21.6 Å². The Morgan fingerprint density at radius 2 is 2.19 bits per heavy atom. The number of rotatable bonds is 7. The number of sulfonamides is 1. The fraction of sp³-hybridized carbons (Fsp3) is 0.429. The van der Waals surface area contributed by atoms with Crippen LogP contribution in [0.2, 0.25) is 5.02 Å². The van der Waals surface area contributed by atoms with E-state index in [0.717, 1.165) is 0 Å². The minimum Gasteiger partial charge on any atom is -0.395 e. The molecule has 0 atom stereocenters. The fourth-order valence-electron chi connectivity index (χ4n) is 1.52. The van der Waals surface area contributed by atoms with Gasteiger partial charge in [-0.15, -0.1) is 0 Å². The average Bonchev–Trinajstić information content (AvgIpc) is 2.44. The molecule has 2 N–H and O–H groups in total. The first-order chi connectivity index (χ1) is 10.0. The predicted molar refractivity (Wildman–Crippen MR) is 81.7 cm³/mol. The highest BCUT2D eigenvalue weighted by Gasteiger charge is 2.17. The smallest absolute Gasteiger partial charge is 0.242 e. The summed E-state index contributed by atoms with van der Waals surface area (Å²) in [7, 11) is -2.08. The monoisotopic (exact) mass is 331 g/mol. The number of methoxy groups -OCH3 is 1. The van der Waals surface area contributed by atoms with Crippen molar-refractivity contribution < 1.29 is 18.3 Å². The van der Waals surface area contributed by atoms with E-state index in [-0.39, 0.29) is 23.1 Å². The Bertz CT molecular complexity index is 620. The average molecular weight is 332 g/mol. The van der Waals surface area contributed by atoms with E-state index in [1.807, 2.05) is 0 Å². The van der Waals surface area contributed by atoms with Crippen molar-refractivity contribution in [1.29, 1.82) is 0 Å². The molecule has 21 heavy (non-hydrogen) atoms. The highest BCUT2D eigenvalue weighted by molar-refractivity contribution is 7.89. The Morgan fingerprint density at radius 1 is 1.43 bits per heavy atom. The topological polar surface area (TPSA) is 75.6 Å². The molecule has 0 aromatic heterocycles. The standard InChI is InChI=1S/C14H18ClNO4S/c1-20-10-4-8-16-21(18,19)14-7-6-12(11-13(14)15)5-2-3-9-17/h6-7,11,16-17H,3-4,8-10H2,1H3. The summed E-state index contributed by atoms with van der Waals surface area (Å²) in [5.41, 5.74) is 0.604. The third-order valence-corrected chi connectivity index (χ3v) is 4.45. The Hall–Kier alpha value is -1.10. The molecule has 0 aliphatic heterocycles. The van der Waals surface area contributed by atoms with Gasteiger partial charge in [-0.3, -0.25) is 0 Å². The number of hydrogen-bond acceptors (Lipinski definition) is 4. The first-order valence-electron chi connectivity index (χ1n) is 6.39. The largest absolute Gasteiger partial charge is 0.395 e. The van der Waals surface area contributed by atoms with Crippen LogP contribution in [0.5, 0.6) is 0 Å². The summed E-state index contributed by atoms with van der Waals surface area (Å²) in [6, 6.07) is 4.50. The number of nitrogens with one attached hydrogen (secondary N) is 1. The summed E-state index contributed by atoms with van der Waals surface area (Å²) in [4.78, 5) is 0.0225. The lowest BCUT2D eigenvalue weighted by Crippen LogP contribution is -2.25. The molecule has 0 bridgehead atoms. The molecular formula is C14H18ClNO4S. The van der Waals surface area contributed by atoms with Crippen molar-refractivity contribution in [2.45, 2.75) is 17.7 Å². The van der Waals surface area contributed by atoms with E-state index in [0.29, 0.717) is 25.0 Å². The Balaban J connectivity index is 2.82. The van der Waals surface area contributed by atoms with Crippen LogP contribution in [0.25, 0.3) is 0 Å². The van der Waals surface area contributed by atoms with Crippen LogP contribution in [0.3, 0.4) is 0 Å². The lowest BCUT2D eigenvalue weighted by molar-refractivity contribution is 0.196. The van der Waals surface area contributed by atoms with Gasteiger partial charge in [-0.05, 0) is 24.6 Å². The molecule has 1 aromatic carbocycles. The number of ether oxygens (including phenoxy) is 1. The molecule has 0 aliphatic rings. The molecule has 0 aliphatic carbocycles. The lowest BCUT2D eigenvalue weighted by Gasteiger charge is -2.08. The number of aliphatic hydroxyl groups is 1. The van der Waals surface area contributed by atoms with Gasteiger partial charge in [0.2, 0.25) is 10.0 Å². The number of hydrogen-bond donors (Lipinski definition) is 2. The second-order valence-corrected chi connectivity index (χ2v) is 6.31. The molecular weight excluding hydrogens is 314 g/mol. The third kappa shape index (κ3) is 6.04. The summed E-state index contributed by atoms with van der Waals surface area (Å²) < 4.78 is 31.5. The van der Waals surface area contributed by atoms with Gasteiger partial charge < -0.3 is 9.84 Å². The van der Waals surface area contributed by atoms with Gasteiger partial charge in [0.05, 0.1) is 11.6 Å². The van der Waals surface area contributed by atoms with Gasteiger partial charge in [0.25, 0.3) is 0 Å². The second kappa shape index (κ2) is 9.03. The van der Waals surface area contributed by atoms with E-state index in [4.69, 9.17) is 21.4 Å². The molecule has 0 saturated carbocycles. The van der Waals surface area contributed by atoms with E-state index in [1.165, 1.54) is 12.1 Å². The van der Waals surface area contributed by atoms with Gasteiger partial charge in [0, 0.05) is 32.2 Å². The van der Waals surface area contributed by atoms with E-state index in [2.05, 4.69) is 16.6 Å². The van der Waals surface area contributed by atoms with Gasteiger partial charge >= 0.3 is 0 Å². The molecule has 116 valence electrons. The van der Waals surface area contributed by atoms with Crippen molar-refractivity contribution in [1.82, 2.24) is 4.72 Å². The van der Waals surface area contributed by atoms with E-state index in [1.54, 1.807) is 13.2 Å². The van der Waals surface area contributed by atoms with Crippen molar-refractivity contribution in [3.8, 4) is 11.8 Å². The third-order valence-electron chi connectivity index (χ3n) is 2.51. The molecule has 0 unspecified atom stereocenters. The summed E-state index contributed by atoms with van der Waals surface area (Å²) >= 11 is 6.01. The van der Waals surface area contributed by atoms with Crippen LogP contribution < -0.4 is 4.72 Å². The maximum Gasteiger partial charge on any atom is 0.242 e. The maximum absolute atomic E-state index is 12.1. The Kier molecular flexibility index (Phi) is 7.72. The first-order valence-corrected chi connectivity index (χ1v) is 8.25. The predicted octanol–water partition coefficient (Wildman–Crippen LogP) is 1.39. The van der Waals surface area contributed by atoms with Crippen LogP contribution >= 0.6 is 11.6 Å². The molecule has 0 fully saturated rings. The summed E-state index contributed by atoms with van der Waals surface area (Å²) in [5, 5.41) is 8.76. The zero-order valence-corrected chi connectivity index (χ0v) is 13.3. The Morgan fingerprint density at radius 3 is 2.81 bits per heavy atom. The molecule has 0 spiro atoms. The highest BCUT2D eigenvalue weighted by Crippen LogP contribution is 2.22. The molecule has 5 nitrogen and oxygen atoms in total. The lowest BCUT2D eigenvalue weighted by atomic mass is 10.2. The van der Waals surface area contributed by atoms with Crippen molar-refractivity contribution in [2.24, 2.45) is 0 Å². The van der Waals surface area contributed by atoms with Crippen molar-refractivity contribution in [3.63, 3.8) is 0 Å². The normalized spacial score (nSPS) is 11.0. The molecule has 1 rings (SSSR count). The molecule has 7 heteroatoms. The molecule has 1 aromatic rings. The van der Waals surface area contributed by atoms with Gasteiger partial charge in [0.1, 0.15) is 4.90 Å². The number of halogens is 1. The zero-order chi connectivity index (χ0) is 15.7. The van der Waals surface area contributed by atoms with Crippen LogP contribution in [0.4, 0.5) is 0 Å². The summed E-state index contributed by atoms with van der Waals surface area (Å²) in [5.74, 6) is 5.55. The van der Waals surface area contributed by atoms with Gasteiger partial charge in [-0.25, -0.2) is 13.1 Å². The summed E-state index contributed by atoms with van der Waals surface area (Å²) in [6.45, 7) is 0.749. The Labute approximate surface area is 130 Å². The van der Waals surface area contributed by atoms with Crippen LogP contribution in [0.1, 0.15) is 18.4 Å². The maximum atomic E-state index is 12.1. The quantitative estimate of drug-likeness (QED) is 0.585. The number of aliphatic hydroxyl groups excluding tert-OH is 1. The van der Waals surface area contributed by atoms with Crippen LogP contribution in [-0.4, -0.2) is 40.4 Å². The van der Waals surface area contributed by atoms with Gasteiger partial charge in [0.15, 0.2) is 0 Å². The van der Waals surface area contributed by atoms with E-state index in [9.17, 15) is 8.42 Å². The van der Waals surface area contributed by atoms with Gasteiger partial charge in [-0.2, -0.15) is 0 Å². The van der Waals surface area contributed by atoms with Crippen molar-refractivity contribution in [2.75, 3.05) is 26.9 Å². The molecule has 0 radical (unpaired) electrons. The van der Waals surface area contributed by atoms with E-state index >= 15 is 0 Å². The van der Waals surface area contributed by atoms with Crippen LogP contribution in [0, 0.1) is 11.8 Å². The van der Waals surface area contributed by atoms with Crippen LogP contribution in [-0.2, 0) is 14.8 Å². The van der Waals surface area contributed by atoms with E-state index < -0.39 is 10.0 Å². The fourth-order valence-corrected chi connectivity index (χ4v) is 3.13. The summed E-state index contributed by atoms with van der Waals surface area (Å²) in [6.07, 6.45) is 0.941. The number of benzene rings is 1. The first kappa shape index (κ1) is 18.0. The second-order valence-electron chi connectivity index (χ2n) is 4.16.